The zero-order valence-corrected chi connectivity index (χ0v) is 13.9. The molecule has 0 heterocycles. The fraction of sp³-hybridized carbons (Fsp3) is 0.875. The van der Waals surface area contributed by atoms with Gasteiger partial charge in [0.2, 0.25) is 5.60 Å². The summed E-state index contributed by atoms with van der Waals surface area (Å²) < 4.78 is 4.43. The van der Waals surface area contributed by atoms with Crippen molar-refractivity contribution in [2.45, 2.75) is 71.5 Å². The molecule has 4 atom stereocenters. The highest BCUT2D eigenvalue weighted by atomic mass is 16.5. The van der Waals surface area contributed by atoms with Crippen molar-refractivity contribution in [3.63, 3.8) is 0 Å². The van der Waals surface area contributed by atoms with Crippen LogP contribution in [0, 0.1) is 11.8 Å². The van der Waals surface area contributed by atoms with Crippen molar-refractivity contribution in [2.24, 2.45) is 11.8 Å². The van der Waals surface area contributed by atoms with Crippen LogP contribution in [-0.2, 0) is 14.3 Å². The number of aliphatic hydroxyl groups is 2. The predicted molar refractivity (Wildman–Crippen MR) is 80.7 cm³/mol. The number of hydrogen-bond donors (Lipinski definition) is 2. The Balaban J connectivity index is 4.67. The van der Waals surface area contributed by atoms with Crippen LogP contribution < -0.4 is 0 Å². The molecule has 124 valence electrons. The Kier molecular flexibility index (Phi) is 8.74. The number of hydrogen-bond acceptors (Lipinski definition) is 5. The monoisotopic (exact) mass is 302 g/mol. The maximum Gasteiger partial charge on any atom is 0.345 e. The number of Topliss-reactive ketones (excluding diaryl/α,β-unsaturated/α-hetero) is 1. The minimum Gasteiger partial charge on any atom is -0.467 e. The van der Waals surface area contributed by atoms with Gasteiger partial charge >= 0.3 is 5.97 Å². The van der Waals surface area contributed by atoms with E-state index in [9.17, 15) is 19.8 Å². The van der Waals surface area contributed by atoms with Crippen molar-refractivity contribution in [1.82, 2.24) is 0 Å². The fourth-order valence-corrected chi connectivity index (χ4v) is 2.36. The van der Waals surface area contributed by atoms with Crippen LogP contribution in [0.15, 0.2) is 0 Å². The second-order valence-electron chi connectivity index (χ2n) is 6.01. The number of carbonyl (C=O) groups is 2. The van der Waals surface area contributed by atoms with E-state index in [1.54, 1.807) is 0 Å². The summed E-state index contributed by atoms with van der Waals surface area (Å²) in [6.07, 6.45) is 2.53. The van der Waals surface area contributed by atoms with Gasteiger partial charge in [-0.3, -0.25) is 4.79 Å². The number of methoxy groups -OCH3 is 1. The molecule has 0 aliphatic heterocycles. The predicted octanol–water partition coefficient (Wildman–Crippen LogP) is 2.08. The van der Waals surface area contributed by atoms with Crippen LogP contribution in [0.2, 0.25) is 0 Å². The van der Waals surface area contributed by atoms with E-state index in [0.29, 0.717) is 18.8 Å². The minimum absolute atomic E-state index is 0.00217. The summed E-state index contributed by atoms with van der Waals surface area (Å²) in [5.74, 6) is -1.04. The van der Waals surface area contributed by atoms with Gasteiger partial charge < -0.3 is 14.9 Å². The molecule has 21 heavy (non-hydrogen) atoms. The molecular weight excluding hydrogens is 272 g/mol. The Bertz CT molecular complexity index is 338. The maximum atomic E-state index is 12.0. The van der Waals surface area contributed by atoms with Gasteiger partial charge in [-0.15, -0.1) is 0 Å². The normalized spacial score (nSPS) is 18.4. The SMILES string of the molecule is CC[C@H](C)C[C@@H](CCC(=O)[C@](C)(O)C(=O)OC)[C@H](O)CC. The van der Waals surface area contributed by atoms with Crippen molar-refractivity contribution < 1.29 is 24.5 Å². The van der Waals surface area contributed by atoms with Gasteiger partial charge in [0.1, 0.15) is 0 Å². The van der Waals surface area contributed by atoms with Gasteiger partial charge in [-0.2, -0.15) is 0 Å². The zero-order chi connectivity index (χ0) is 16.6. The first-order valence-electron chi connectivity index (χ1n) is 7.72. The van der Waals surface area contributed by atoms with Crippen molar-refractivity contribution >= 4 is 11.8 Å². The highest BCUT2D eigenvalue weighted by Crippen LogP contribution is 2.26. The minimum atomic E-state index is -2.10. The third-order valence-corrected chi connectivity index (χ3v) is 4.23. The van der Waals surface area contributed by atoms with Gasteiger partial charge in [0.15, 0.2) is 5.78 Å². The van der Waals surface area contributed by atoms with Crippen LogP contribution in [0.5, 0.6) is 0 Å². The number of rotatable bonds is 10. The Hall–Kier alpha value is -0.940. The molecule has 0 aromatic rings. The lowest BCUT2D eigenvalue weighted by atomic mass is 9.83. The van der Waals surface area contributed by atoms with Gasteiger partial charge in [-0.1, -0.05) is 27.2 Å². The molecule has 0 aromatic carbocycles. The van der Waals surface area contributed by atoms with Crippen LogP contribution in [0.3, 0.4) is 0 Å². The largest absolute Gasteiger partial charge is 0.467 e. The molecule has 0 aromatic heterocycles. The van der Waals surface area contributed by atoms with Crippen LogP contribution in [-0.4, -0.2) is 40.8 Å². The highest BCUT2D eigenvalue weighted by Gasteiger charge is 2.39. The summed E-state index contributed by atoms with van der Waals surface area (Å²) >= 11 is 0. The van der Waals surface area contributed by atoms with Gasteiger partial charge in [0.05, 0.1) is 13.2 Å². The second kappa shape index (κ2) is 9.15. The van der Waals surface area contributed by atoms with Crippen molar-refractivity contribution in [3.05, 3.63) is 0 Å². The number of carbonyl (C=O) groups excluding carboxylic acids is 2. The molecule has 0 saturated carbocycles. The summed E-state index contributed by atoms with van der Waals surface area (Å²) in [7, 11) is 1.14. The number of aliphatic hydroxyl groups excluding tert-OH is 1. The number of ketones is 1. The molecule has 0 fully saturated rings. The molecule has 0 rings (SSSR count). The lowest BCUT2D eigenvalue weighted by Crippen LogP contribution is -2.44. The standard InChI is InChI=1S/C16H30O5/c1-6-11(3)10-12(13(17)7-2)8-9-14(18)16(4,20)15(19)21-5/h11-13,17,20H,6-10H2,1-5H3/t11-,12+,13+,16-/m0/s1. The summed E-state index contributed by atoms with van der Waals surface area (Å²) in [6, 6.07) is 0. The van der Waals surface area contributed by atoms with Gasteiger partial charge in [-0.25, -0.2) is 4.79 Å². The van der Waals surface area contributed by atoms with E-state index in [1.165, 1.54) is 0 Å². The average Bonchev–Trinajstić information content (AvgIpc) is 2.48. The first-order valence-corrected chi connectivity index (χ1v) is 7.72. The molecule has 0 aliphatic carbocycles. The van der Waals surface area contributed by atoms with Crippen LogP contribution in [0.25, 0.3) is 0 Å². The summed E-state index contributed by atoms with van der Waals surface area (Å²) in [4.78, 5) is 23.4. The smallest absolute Gasteiger partial charge is 0.345 e. The molecule has 0 bridgehead atoms. The van der Waals surface area contributed by atoms with Crippen molar-refractivity contribution in [1.29, 1.82) is 0 Å². The second-order valence-corrected chi connectivity index (χ2v) is 6.01. The quantitative estimate of drug-likeness (QED) is 0.477. The van der Waals surface area contributed by atoms with E-state index < -0.39 is 23.5 Å². The third-order valence-electron chi connectivity index (χ3n) is 4.23. The lowest BCUT2D eigenvalue weighted by Gasteiger charge is -2.26. The maximum absolute atomic E-state index is 12.0. The average molecular weight is 302 g/mol. The Morgan fingerprint density at radius 1 is 1.24 bits per heavy atom. The third kappa shape index (κ3) is 6.14. The Labute approximate surface area is 127 Å². The van der Waals surface area contributed by atoms with E-state index >= 15 is 0 Å². The number of esters is 1. The fourth-order valence-electron chi connectivity index (χ4n) is 2.36. The molecule has 2 N–H and O–H groups in total. The molecule has 0 radical (unpaired) electrons. The van der Waals surface area contributed by atoms with Gasteiger partial charge in [0, 0.05) is 6.42 Å². The van der Waals surface area contributed by atoms with Crippen molar-refractivity contribution in [3.8, 4) is 0 Å². The van der Waals surface area contributed by atoms with E-state index in [-0.39, 0.29) is 12.3 Å². The van der Waals surface area contributed by atoms with E-state index in [4.69, 9.17) is 0 Å². The summed E-state index contributed by atoms with van der Waals surface area (Å²) in [5, 5.41) is 20.0. The topological polar surface area (TPSA) is 83.8 Å². The van der Waals surface area contributed by atoms with E-state index in [0.717, 1.165) is 26.9 Å². The molecule has 0 amide bonds. The van der Waals surface area contributed by atoms with E-state index in [1.807, 2.05) is 6.92 Å². The molecule has 0 spiro atoms. The molecule has 0 saturated heterocycles. The highest BCUT2D eigenvalue weighted by molar-refractivity contribution is 6.06. The zero-order valence-electron chi connectivity index (χ0n) is 13.9. The summed E-state index contributed by atoms with van der Waals surface area (Å²) in [6.45, 7) is 7.26. The molecule has 0 aliphatic rings. The van der Waals surface area contributed by atoms with Crippen LogP contribution in [0.1, 0.15) is 59.8 Å². The van der Waals surface area contributed by atoms with Gasteiger partial charge in [-0.05, 0) is 38.0 Å². The molecular formula is C16H30O5. The van der Waals surface area contributed by atoms with Crippen LogP contribution in [0.4, 0.5) is 0 Å². The van der Waals surface area contributed by atoms with Crippen molar-refractivity contribution in [2.75, 3.05) is 7.11 Å². The van der Waals surface area contributed by atoms with Crippen LogP contribution >= 0.6 is 0 Å². The Morgan fingerprint density at radius 3 is 2.24 bits per heavy atom. The van der Waals surface area contributed by atoms with E-state index in [2.05, 4.69) is 18.6 Å². The lowest BCUT2D eigenvalue weighted by molar-refractivity contribution is -0.166. The van der Waals surface area contributed by atoms with Gasteiger partial charge in [0.25, 0.3) is 0 Å². The molecule has 0 unspecified atom stereocenters. The molecule has 5 nitrogen and oxygen atoms in total. The first-order chi connectivity index (χ1) is 9.70. The summed E-state index contributed by atoms with van der Waals surface area (Å²) in [5.41, 5.74) is -2.10. The Morgan fingerprint density at radius 2 is 1.81 bits per heavy atom. The number of ether oxygens (including phenoxy) is 1. The molecule has 5 heteroatoms. The first kappa shape index (κ1) is 20.1.